The zero-order chi connectivity index (χ0) is 12.0. The first-order valence-corrected chi connectivity index (χ1v) is 6.62. The van der Waals surface area contributed by atoms with Gasteiger partial charge in [0.1, 0.15) is 5.60 Å². The molecular weight excluding hydrogens is 230 g/mol. The first-order chi connectivity index (χ1) is 8.11. The molecule has 2 nitrogen and oxygen atoms in total. The summed E-state index contributed by atoms with van der Waals surface area (Å²) in [7, 11) is 0. The summed E-state index contributed by atoms with van der Waals surface area (Å²) >= 11 is 1.66. The van der Waals surface area contributed by atoms with Crippen molar-refractivity contribution in [3.8, 4) is 0 Å². The van der Waals surface area contributed by atoms with Gasteiger partial charge in [-0.2, -0.15) is 0 Å². The van der Waals surface area contributed by atoms with Crippen LogP contribution in [0.25, 0.3) is 0 Å². The van der Waals surface area contributed by atoms with Gasteiger partial charge in [-0.15, -0.1) is 11.3 Å². The van der Waals surface area contributed by atoms with Gasteiger partial charge in [-0.05, 0) is 35.1 Å². The predicted molar refractivity (Wildman–Crippen MR) is 70.0 cm³/mol. The largest absolute Gasteiger partial charge is 0.380 e. The van der Waals surface area contributed by atoms with Gasteiger partial charge >= 0.3 is 0 Å². The Morgan fingerprint density at radius 3 is 2.88 bits per heavy atom. The zero-order valence-electron chi connectivity index (χ0n) is 9.68. The Morgan fingerprint density at radius 2 is 2.18 bits per heavy atom. The Hall–Kier alpha value is -1.16. The fourth-order valence-corrected chi connectivity index (χ4v) is 3.44. The SMILES string of the molecule is Cc1cc(C2(O)CC(N)c3ccccc32)cs1. The summed E-state index contributed by atoms with van der Waals surface area (Å²) in [6.45, 7) is 2.05. The van der Waals surface area contributed by atoms with E-state index in [1.807, 2.05) is 29.6 Å². The van der Waals surface area contributed by atoms with E-state index in [4.69, 9.17) is 5.73 Å². The predicted octanol–water partition coefficient (Wildman–Crippen LogP) is 2.70. The van der Waals surface area contributed by atoms with E-state index in [-0.39, 0.29) is 6.04 Å². The quantitative estimate of drug-likeness (QED) is 0.811. The van der Waals surface area contributed by atoms with Gasteiger partial charge in [0.25, 0.3) is 0 Å². The summed E-state index contributed by atoms with van der Waals surface area (Å²) in [6.07, 6.45) is 0.572. The molecule has 3 N–H and O–H groups in total. The number of aryl methyl sites for hydroxylation is 1. The second-order valence-electron chi connectivity index (χ2n) is 4.70. The van der Waals surface area contributed by atoms with E-state index < -0.39 is 5.60 Å². The molecule has 17 heavy (non-hydrogen) atoms. The first-order valence-electron chi connectivity index (χ1n) is 5.74. The van der Waals surface area contributed by atoms with Crippen molar-refractivity contribution < 1.29 is 5.11 Å². The number of thiophene rings is 1. The highest BCUT2D eigenvalue weighted by Crippen LogP contribution is 2.46. The molecule has 1 aliphatic rings. The fourth-order valence-electron chi connectivity index (χ4n) is 2.67. The van der Waals surface area contributed by atoms with Crippen molar-refractivity contribution in [2.24, 2.45) is 5.73 Å². The van der Waals surface area contributed by atoms with Crippen LogP contribution in [-0.4, -0.2) is 5.11 Å². The molecule has 1 aliphatic carbocycles. The van der Waals surface area contributed by atoms with Crippen LogP contribution in [0.15, 0.2) is 35.7 Å². The molecule has 0 saturated heterocycles. The van der Waals surface area contributed by atoms with Crippen LogP contribution >= 0.6 is 11.3 Å². The van der Waals surface area contributed by atoms with Crippen molar-refractivity contribution >= 4 is 11.3 Å². The maximum absolute atomic E-state index is 10.9. The molecule has 1 heterocycles. The maximum Gasteiger partial charge on any atom is 0.118 e. The van der Waals surface area contributed by atoms with E-state index in [0.717, 1.165) is 16.7 Å². The first kappa shape index (κ1) is 11.0. The minimum absolute atomic E-state index is 0.0728. The van der Waals surface area contributed by atoms with Crippen LogP contribution in [0.1, 0.15) is 34.0 Å². The number of fused-ring (bicyclic) bond motifs is 1. The van der Waals surface area contributed by atoms with Gasteiger partial charge in [0, 0.05) is 17.3 Å². The molecule has 0 fully saturated rings. The Morgan fingerprint density at radius 1 is 1.41 bits per heavy atom. The van der Waals surface area contributed by atoms with Gasteiger partial charge in [0.05, 0.1) is 0 Å². The molecule has 3 rings (SSSR count). The molecule has 0 aliphatic heterocycles. The highest BCUT2D eigenvalue weighted by atomic mass is 32.1. The smallest absolute Gasteiger partial charge is 0.118 e. The Kier molecular flexibility index (Phi) is 2.36. The van der Waals surface area contributed by atoms with Crippen molar-refractivity contribution in [1.82, 2.24) is 0 Å². The average molecular weight is 245 g/mol. The molecule has 3 heteroatoms. The molecule has 2 unspecified atom stereocenters. The van der Waals surface area contributed by atoms with Crippen molar-refractivity contribution in [3.63, 3.8) is 0 Å². The van der Waals surface area contributed by atoms with Gasteiger partial charge in [0.15, 0.2) is 0 Å². The highest BCUT2D eigenvalue weighted by molar-refractivity contribution is 7.10. The van der Waals surface area contributed by atoms with E-state index in [2.05, 4.69) is 13.0 Å². The summed E-state index contributed by atoms with van der Waals surface area (Å²) in [5, 5.41) is 13.0. The van der Waals surface area contributed by atoms with E-state index in [1.54, 1.807) is 11.3 Å². The summed E-state index contributed by atoms with van der Waals surface area (Å²) in [4.78, 5) is 1.21. The van der Waals surface area contributed by atoms with E-state index in [0.29, 0.717) is 6.42 Å². The van der Waals surface area contributed by atoms with Crippen LogP contribution in [0, 0.1) is 6.92 Å². The lowest BCUT2D eigenvalue weighted by atomic mass is 9.89. The van der Waals surface area contributed by atoms with Crippen LogP contribution in [0.4, 0.5) is 0 Å². The van der Waals surface area contributed by atoms with Crippen LogP contribution in [0.2, 0.25) is 0 Å². The van der Waals surface area contributed by atoms with E-state index in [9.17, 15) is 5.11 Å². The Labute approximate surface area is 105 Å². The molecular formula is C14H15NOS. The van der Waals surface area contributed by atoms with Crippen LogP contribution in [0.3, 0.4) is 0 Å². The lowest BCUT2D eigenvalue weighted by molar-refractivity contribution is 0.0780. The maximum atomic E-state index is 10.9. The fraction of sp³-hybridized carbons (Fsp3) is 0.286. The normalized spacial score (nSPS) is 27.1. The standard InChI is InChI=1S/C14H15NOS/c1-9-6-10(8-17-9)14(16)7-13(15)11-4-2-3-5-12(11)14/h2-6,8,13,16H,7,15H2,1H3. The summed E-state index contributed by atoms with van der Waals surface area (Å²) < 4.78 is 0. The monoisotopic (exact) mass is 245 g/mol. The van der Waals surface area contributed by atoms with E-state index in [1.165, 1.54) is 4.88 Å². The van der Waals surface area contributed by atoms with Crippen molar-refractivity contribution in [1.29, 1.82) is 0 Å². The van der Waals surface area contributed by atoms with Gasteiger partial charge in [-0.3, -0.25) is 0 Å². The number of hydrogen-bond acceptors (Lipinski definition) is 3. The number of benzene rings is 1. The average Bonchev–Trinajstić information content (AvgIpc) is 2.85. The van der Waals surface area contributed by atoms with Gasteiger partial charge in [-0.1, -0.05) is 24.3 Å². The summed E-state index contributed by atoms with van der Waals surface area (Å²) in [5.41, 5.74) is 8.21. The Balaban J connectivity index is 2.17. The lowest BCUT2D eigenvalue weighted by Gasteiger charge is -2.23. The number of nitrogens with two attached hydrogens (primary N) is 1. The van der Waals surface area contributed by atoms with E-state index >= 15 is 0 Å². The second-order valence-corrected chi connectivity index (χ2v) is 5.82. The highest BCUT2D eigenvalue weighted by Gasteiger charge is 2.42. The van der Waals surface area contributed by atoms with Gasteiger partial charge in [0.2, 0.25) is 0 Å². The molecule has 1 aromatic carbocycles. The lowest BCUT2D eigenvalue weighted by Crippen LogP contribution is -2.24. The molecule has 2 aromatic rings. The number of rotatable bonds is 1. The van der Waals surface area contributed by atoms with Gasteiger partial charge in [-0.25, -0.2) is 0 Å². The molecule has 0 amide bonds. The summed E-state index contributed by atoms with van der Waals surface area (Å²) in [6, 6.07) is 9.91. The molecule has 0 radical (unpaired) electrons. The minimum Gasteiger partial charge on any atom is -0.380 e. The Bertz CT molecular complexity index is 563. The van der Waals surface area contributed by atoms with Crippen molar-refractivity contribution in [2.45, 2.75) is 25.0 Å². The molecule has 2 atom stereocenters. The number of aliphatic hydroxyl groups is 1. The van der Waals surface area contributed by atoms with Gasteiger partial charge < -0.3 is 10.8 Å². The molecule has 1 aromatic heterocycles. The number of hydrogen-bond donors (Lipinski definition) is 2. The minimum atomic E-state index is -0.902. The zero-order valence-corrected chi connectivity index (χ0v) is 10.5. The third-order valence-electron chi connectivity index (χ3n) is 3.53. The van der Waals surface area contributed by atoms with Crippen LogP contribution in [-0.2, 0) is 5.60 Å². The van der Waals surface area contributed by atoms with Crippen LogP contribution in [0.5, 0.6) is 0 Å². The van der Waals surface area contributed by atoms with Crippen molar-refractivity contribution in [2.75, 3.05) is 0 Å². The van der Waals surface area contributed by atoms with Crippen LogP contribution < -0.4 is 5.73 Å². The second kappa shape index (κ2) is 3.67. The third kappa shape index (κ3) is 1.54. The molecule has 0 spiro atoms. The molecule has 88 valence electrons. The van der Waals surface area contributed by atoms with Crippen molar-refractivity contribution in [3.05, 3.63) is 57.3 Å². The molecule has 0 saturated carbocycles. The summed E-state index contributed by atoms with van der Waals surface area (Å²) in [5.74, 6) is 0. The third-order valence-corrected chi connectivity index (χ3v) is 4.39. The molecule has 0 bridgehead atoms. The topological polar surface area (TPSA) is 46.2 Å².